The molecular weight excluding hydrogens is 220 g/mol. The van der Waals surface area contributed by atoms with Crippen LogP contribution in [-0.4, -0.2) is 53.4 Å². The number of carbonyl (C=O) groups excluding carboxylic acids is 1. The second-order valence-corrected chi connectivity index (χ2v) is 2.63. The van der Waals surface area contributed by atoms with Gasteiger partial charge in [0, 0.05) is 13.0 Å². The molecule has 1 fully saturated rings. The van der Waals surface area contributed by atoms with Gasteiger partial charge < -0.3 is 24.8 Å². The van der Waals surface area contributed by atoms with Crippen LogP contribution in [0.15, 0.2) is 0 Å². The molecule has 1 aliphatic rings. The Morgan fingerprint density at radius 3 is 1.88 bits per heavy atom. The average molecular weight is 238 g/mol. The molecule has 0 spiro atoms. The Morgan fingerprint density at radius 2 is 1.75 bits per heavy atom. The lowest BCUT2D eigenvalue weighted by atomic mass is 10.4. The summed E-state index contributed by atoms with van der Waals surface area (Å²) >= 11 is 0. The normalized spacial score (nSPS) is 15.1. The van der Waals surface area contributed by atoms with Crippen LogP contribution in [0.1, 0.15) is 20.3 Å². The number of carboxylic acid groups (broad SMARTS) is 1. The SMILES string of the molecule is CC(O)C(=O)O.CCO.O=C1OCCCO1. The topological polar surface area (TPSA) is 113 Å². The summed E-state index contributed by atoms with van der Waals surface area (Å²) in [5, 5.41) is 23.3. The van der Waals surface area contributed by atoms with E-state index in [1.54, 1.807) is 6.92 Å². The smallest absolute Gasteiger partial charge is 0.479 e. The molecule has 0 saturated carbocycles. The number of cyclic esters (lactones) is 2. The summed E-state index contributed by atoms with van der Waals surface area (Å²) in [5.74, 6) is -1.19. The van der Waals surface area contributed by atoms with E-state index in [0.717, 1.165) is 6.42 Å². The van der Waals surface area contributed by atoms with Gasteiger partial charge >= 0.3 is 12.1 Å². The molecule has 1 aliphatic heterocycles. The number of hydrogen-bond donors (Lipinski definition) is 3. The van der Waals surface area contributed by atoms with Crippen LogP contribution in [0, 0.1) is 0 Å². The number of carboxylic acids is 1. The standard InChI is InChI=1S/C4H6O3.C3H6O3.C2H6O/c5-4-6-2-1-3-7-4;1-2(4)3(5)6;1-2-3/h1-3H2;2,4H,1H3,(H,5,6);3H,2H2,1H3. The van der Waals surface area contributed by atoms with Crippen molar-refractivity contribution in [3.05, 3.63) is 0 Å². The molecule has 0 amide bonds. The van der Waals surface area contributed by atoms with E-state index >= 15 is 0 Å². The predicted molar refractivity (Wildman–Crippen MR) is 54.0 cm³/mol. The van der Waals surface area contributed by atoms with E-state index in [-0.39, 0.29) is 6.61 Å². The van der Waals surface area contributed by atoms with Gasteiger partial charge in [-0.25, -0.2) is 9.59 Å². The quantitative estimate of drug-likeness (QED) is 0.550. The second kappa shape index (κ2) is 11.7. The molecule has 7 nitrogen and oxygen atoms in total. The molecule has 0 aliphatic carbocycles. The van der Waals surface area contributed by atoms with Crippen LogP contribution in [0.25, 0.3) is 0 Å². The van der Waals surface area contributed by atoms with E-state index in [9.17, 15) is 9.59 Å². The van der Waals surface area contributed by atoms with Crippen LogP contribution in [0.5, 0.6) is 0 Å². The Kier molecular flexibility index (Phi) is 12.5. The lowest BCUT2D eigenvalue weighted by Crippen LogP contribution is -2.16. The maximum atomic E-state index is 10.0. The number of ether oxygens (including phenoxy) is 2. The molecule has 1 heterocycles. The van der Waals surface area contributed by atoms with Crippen molar-refractivity contribution in [2.75, 3.05) is 19.8 Å². The van der Waals surface area contributed by atoms with Crippen molar-refractivity contribution in [3.8, 4) is 0 Å². The van der Waals surface area contributed by atoms with Gasteiger partial charge in [-0.3, -0.25) is 0 Å². The Hall–Kier alpha value is -1.34. The minimum absolute atomic E-state index is 0.250. The summed E-state index contributed by atoms with van der Waals surface area (Å²) in [5.41, 5.74) is 0. The van der Waals surface area contributed by atoms with Crippen LogP contribution >= 0.6 is 0 Å². The second-order valence-electron chi connectivity index (χ2n) is 2.63. The van der Waals surface area contributed by atoms with Gasteiger partial charge in [-0.1, -0.05) is 0 Å². The van der Waals surface area contributed by atoms with Crippen molar-refractivity contribution in [1.82, 2.24) is 0 Å². The van der Waals surface area contributed by atoms with E-state index in [4.69, 9.17) is 15.3 Å². The number of carbonyl (C=O) groups is 2. The zero-order valence-corrected chi connectivity index (χ0v) is 9.38. The molecule has 0 aromatic heterocycles. The van der Waals surface area contributed by atoms with E-state index in [0.29, 0.717) is 13.2 Å². The van der Waals surface area contributed by atoms with E-state index in [1.807, 2.05) is 0 Å². The molecule has 1 atom stereocenters. The molecule has 0 aromatic carbocycles. The van der Waals surface area contributed by atoms with Crippen molar-refractivity contribution in [2.45, 2.75) is 26.4 Å². The third-order valence-corrected chi connectivity index (χ3v) is 1.09. The third kappa shape index (κ3) is 15.1. The molecule has 1 unspecified atom stereocenters. The van der Waals surface area contributed by atoms with Crippen molar-refractivity contribution < 1.29 is 34.4 Å². The van der Waals surface area contributed by atoms with E-state index < -0.39 is 18.2 Å². The van der Waals surface area contributed by atoms with Crippen molar-refractivity contribution in [3.63, 3.8) is 0 Å². The summed E-state index contributed by atoms with van der Waals surface area (Å²) in [7, 11) is 0. The molecule has 0 radical (unpaired) electrons. The Labute approximate surface area is 93.6 Å². The number of aliphatic hydroxyl groups excluding tert-OH is 2. The molecule has 7 heteroatoms. The first-order valence-electron chi connectivity index (χ1n) is 4.77. The van der Waals surface area contributed by atoms with Gasteiger partial charge in [0.25, 0.3) is 0 Å². The third-order valence-electron chi connectivity index (χ3n) is 1.09. The first-order chi connectivity index (χ1) is 7.45. The van der Waals surface area contributed by atoms with Gasteiger partial charge in [-0.15, -0.1) is 0 Å². The van der Waals surface area contributed by atoms with Crippen molar-refractivity contribution >= 4 is 12.1 Å². The summed E-state index contributed by atoms with van der Waals surface area (Å²) in [6.07, 6.45) is -0.942. The molecule has 0 aromatic rings. The zero-order valence-electron chi connectivity index (χ0n) is 9.38. The summed E-state index contributed by atoms with van der Waals surface area (Å²) in [6, 6.07) is 0. The lowest BCUT2D eigenvalue weighted by molar-refractivity contribution is -0.145. The van der Waals surface area contributed by atoms with Gasteiger partial charge in [0.05, 0.1) is 13.2 Å². The number of rotatable bonds is 1. The minimum Gasteiger partial charge on any atom is -0.479 e. The number of aliphatic carboxylic acids is 1. The highest BCUT2D eigenvalue weighted by molar-refractivity contribution is 5.71. The van der Waals surface area contributed by atoms with Gasteiger partial charge in [0.2, 0.25) is 0 Å². The largest absolute Gasteiger partial charge is 0.508 e. The van der Waals surface area contributed by atoms with E-state index in [2.05, 4.69) is 9.47 Å². The van der Waals surface area contributed by atoms with Crippen LogP contribution in [-0.2, 0) is 14.3 Å². The van der Waals surface area contributed by atoms with Crippen LogP contribution in [0.3, 0.4) is 0 Å². The van der Waals surface area contributed by atoms with Crippen molar-refractivity contribution in [2.24, 2.45) is 0 Å². The van der Waals surface area contributed by atoms with Crippen LogP contribution in [0.2, 0.25) is 0 Å². The fourth-order valence-corrected chi connectivity index (χ4v) is 0.412. The number of aliphatic hydroxyl groups is 2. The van der Waals surface area contributed by atoms with Gasteiger partial charge in [0.15, 0.2) is 0 Å². The molecule has 16 heavy (non-hydrogen) atoms. The van der Waals surface area contributed by atoms with Gasteiger partial charge in [-0.2, -0.15) is 0 Å². The molecule has 96 valence electrons. The molecule has 3 N–H and O–H groups in total. The summed E-state index contributed by atoms with van der Waals surface area (Å²) in [4.78, 5) is 19.5. The molecule has 1 saturated heterocycles. The maximum Gasteiger partial charge on any atom is 0.508 e. The Bertz CT molecular complexity index is 182. The first kappa shape index (κ1) is 17.1. The van der Waals surface area contributed by atoms with Gasteiger partial charge in [-0.05, 0) is 13.8 Å². The highest BCUT2D eigenvalue weighted by Crippen LogP contribution is 1.95. The Balaban J connectivity index is 0. The molecule has 1 rings (SSSR count). The fraction of sp³-hybridized carbons (Fsp3) is 0.778. The summed E-state index contributed by atoms with van der Waals surface area (Å²) < 4.78 is 8.83. The monoisotopic (exact) mass is 238 g/mol. The average Bonchev–Trinajstić information content (AvgIpc) is 2.20. The fourth-order valence-electron chi connectivity index (χ4n) is 0.412. The Morgan fingerprint density at radius 1 is 1.44 bits per heavy atom. The highest BCUT2D eigenvalue weighted by Gasteiger charge is 2.07. The van der Waals surface area contributed by atoms with Gasteiger partial charge in [0.1, 0.15) is 6.10 Å². The lowest BCUT2D eigenvalue weighted by Gasteiger charge is -2.09. The zero-order chi connectivity index (χ0) is 13.0. The van der Waals surface area contributed by atoms with E-state index in [1.165, 1.54) is 6.92 Å². The maximum absolute atomic E-state index is 10.0. The van der Waals surface area contributed by atoms with Crippen LogP contribution < -0.4 is 0 Å². The highest BCUT2D eigenvalue weighted by atomic mass is 16.7. The molecule has 0 bridgehead atoms. The minimum atomic E-state index is -1.23. The molecular formula is C9H18O7. The first-order valence-corrected chi connectivity index (χ1v) is 4.77. The van der Waals surface area contributed by atoms with Crippen molar-refractivity contribution in [1.29, 1.82) is 0 Å². The summed E-state index contributed by atoms with van der Waals surface area (Å²) in [6.45, 7) is 4.15. The number of hydrogen-bond acceptors (Lipinski definition) is 6. The predicted octanol–water partition coefficient (Wildman–Crippen LogP) is -0.00630. The van der Waals surface area contributed by atoms with Crippen LogP contribution in [0.4, 0.5) is 4.79 Å².